The van der Waals surface area contributed by atoms with Gasteiger partial charge in [0.25, 0.3) is 0 Å². The number of nitrogens with one attached hydrogen (secondary N) is 1. The van der Waals surface area contributed by atoms with Crippen molar-refractivity contribution < 1.29 is 9.53 Å². The molecule has 1 aromatic heterocycles. The van der Waals surface area contributed by atoms with Crippen LogP contribution in [-0.2, 0) is 9.53 Å². The molecular formula is C21H26N2O2. The summed E-state index contributed by atoms with van der Waals surface area (Å²) in [4.78, 5) is 16.3. The quantitative estimate of drug-likeness (QED) is 0.611. The van der Waals surface area contributed by atoms with Crippen molar-refractivity contribution in [1.82, 2.24) is 10.3 Å². The highest BCUT2D eigenvalue weighted by Gasteiger charge is 2.12. The van der Waals surface area contributed by atoms with Gasteiger partial charge >= 0.3 is 0 Å². The minimum Gasteiger partial charge on any atom is -0.378 e. The van der Waals surface area contributed by atoms with Crippen LogP contribution < -0.4 is 5.32 Å². The molecule has 25 heavy (non-hydrogen) atoms. The van der Waals surface area contributed by atoms with E-state index in [9.17, 15) is 4.79 Å². The van der Waals surface area contributed by atoms with Crippen LogP contribution in [0.1, 0.15) is 44.1 Å². The Kier molecular flexibility index (Phi) is 6.57. The molecular weight excluding hydrogens is 312 g/mol. The topological polar surface area (TPSA) is 51.2 Å². The normalized spacial score (nSPS) is 15.7. The molecule has 132 valence electrons. The number of ether oxygens (including phenoxy) is 1. The van der Waals surface area contributed by atoms with E-state index in [2.05, 4.69) is 10.3 Å². The third kappa shape index (κ3) is 5.40. The summed E-state index contributed by atoms with van der Waals surface area (Å²) in [5, 5.41) is 3.99. The van der Waals surface area contributed by atoms with Crippen molar-refractivity contribution in [2.24, 2.45) is 0 Å². The van der Waals surface area contributed by atoms with Gasteiger partial charge < -0.3 is 10.1 Å². The van der Waals surface area contributed by atoms with E-state index in [0.717, 1.165) is 29.5 Å². The molecule has 4 heteroatoms. The van der Waals surface area contributed by atoms with Crippen LogP contribution in [-0.4, -0.2) is 30.1 Å². The Morgan fingerprint density at radius 3 is 2.92 bits per heavy atom. The Morgan fingerprint density at radius 2 is 2.04 bits per heavy atom. The summed E-state index contributed by atoms with van der Waals surface area (Å²) in [6.45, 7) is 1.37. The molecule has 0 saturated heterocycles. The van der Waals surface area contributed by atoms with Crippen molar-refractivity contribution in [3.63, 3.8) is 0 Å². The van der Waals surface area contributed by atoms with Crippen LogP contribution in [0, 0.1) is 0 Å². The number of rotatable bonds is 7. The molecule has 0 aliphatic heterocycles. The van der Waals surface area contributed by atoms with Gasteiger partial charge in [0.15, 0.2) is 0 Å². The highest BCUT2D eigenvalue weighted by molar-refractivity contribution is 5.95. The molecule has 0 atom stereocenters. The maximum absolute atomic E-state index is 12.0. The highest BCUT2D eigenvalue weighted by Crippen LogP contribution is 2.20. The Labute approximate surface area is 149 Å². The standard InChI is InChI=1S/C21H26N2O2/c24-20(22-15-6-16-25-19-10-2-1-3-11-19)13-12-18-8-4-7-17-9-5-14-23-21(17)18/h4-5,7-9,12-14,19H,1-3,6,10-11,15-16H2,(H,22,24)/b13-12+. The van der Waals surface area contributed by atoms with Gasteiger partial charge in [-0.3, -0.25) is 9.78 Å². The number of para-hydroxylation sites is 1. The lowest BCUT2D eigenvalue weighted by Gasteiger charge is -2.21. The first-order chi connectivity index (χ1) is 12.3. The molecule has 1 aliphatic rings. The number of pyridine rings is 1. The van der Waals surface area contributed by atoms with Crippen molar-refractivity contribution in [2.75, 3.05) is 13.2 Å². The van der Waals surface area contributed by atoms with E-state index >= 15 is 0 Å². The number of benzene rings is 1. The maximum atomic E-state index is 12.0. The summed E-state index contributed by atoms with van der Waals surface area (Å²) in [5.41, 5.74) is 1.86. The molecule has 0 unspecified atom stereocenters. The molecule has 1 saturated carbocycles. The molecule has 0 bridgehead atoms. The van der Waals surface area contributed by atoms with Crippen molar-refractivity contribution >= 4 is 22.9 Å². The first-order valence-electron chi connectivity index (χ1n) is 9.24. The number of nitrogens with zero attached hydrogens (tertiary/aromatic N) is 1. The van der Waals surface area contributed by atoms with Gasteiger partial charge in [0.2, 0.25) is 5.91 Å². The van der Waals surface area contributed by atoms with E-state index in [1.807, 2.05) is 36.4 Å². The van der Waals surface area contributed by atoms with Crippen LogP contribution in [0.4, 0.5) is 0 Å². The molecule has 0 radical (unpaired) electrons. The van der Waals surface area contributed by atoms with Gasteiger partial charge in [0.05, 0.1) is 11.6 Å². The second-order valence-electron chi connectivity index (χ2n) is 6.53. The second kappa shape index (κ2) is 9.33. The predicted molar refractivity (Wildman–Crippen MR) is 101 cm³/mol. The third-order valence-electron chi connectivity index (χ3n) is 4.60. The number of aromatic nitrogens is 1. The second-order valence-corrected chi connectivity index (χ2v) is 6.53. The fourth-order valence-electron chi connectivity index (χ4n) is 3.25. The van der Waals surface area contributed by atoms with Crippen molar-refractivity contribution in [2.45, 2.75) is 44.6 Å². The average Bonchev–Trinajstić information content (AvgIpc) is 2.67. The molecule has 1 heterocycles. The molecule has 1 amide bonds. The van der Waals surface area contributed by atoms with Gasteiger partial charge in [-0.15, -0.1) is 0 Å². The number of hydrogen-bond donors (Lipinski definition) is 1. The van der Waals surface area contributed by atoms with Gasteiger partial charge in [-0.05, 0) is 31.4 Å². The molecule has 1 fully saturated rings. The number of carbonyl (C=O) groups is 1. The largest absolute Gasteiger partial charge is 0.378 e. The summed E-state index contributed by atoms with van der Waals surface area (Å²) in [6.07, 6.45) is 12.7. The third-order valence-corrected chi connectivity index (χ3v) is 4.60. The summed E-state index contributed by atoms with van der Waals surface area (Å²) in [5.74, 6) is -0.0781. The molecule has 3 rings (SSSR count). The Hall–Kier alpha value is -2.20. The Balaban J connectivity index is 1.40. The first kappa shape index (κ1) is 17.6. The maximum Gasteiger partial charge on any atom is 0.244 e. The number of fused-ring (bicyclic) bond motifs is 1. The molecule has 1 N–H and O–H groups in total. The van der Waals surface area contributed by atoms with Gasteiger partial charge in [-0.1, -0.05) is 43.5 Å². The Morgan fingerprint density at radius 1 is 1.20 bits per heavy atom. The highest BCUT2D eigenvalue weighted by atomic mass is 16.5. The smallest absolute Gasteiger partial charge is 0.244 e. The molecule has 1 aliphatic carbocycles. The van der Waals surface area contributed by atoms with Gasteiger partial charge in [0, 0.05) is 36.4 Å². The Bertz CT molecular complexity index is 715. The minimum atomic E-state index is -0.0781. The fraction of sp³-hybridized carbons (Fsp3) is 0.429. The molecule has 2 aromatic rings. The van der Waals surface area contributed by atoms with Crippen LogP contribution >= 0.6 is 0 Å². The van der Waals surface area contributed by atoms with Gasteiger partial charge in [-0.2, -0.15) is 0 Å². The fourth-order valence-corrected chi connectivity index (χ4v) is 3.25. The van der Waals surface area contributed by atoms with Crippen LogP contribution in [0.2, 0.25) is 0 Å². The van der Waals surface area contributed by atoms with Crippen LogP contribution in [0.5, 0.6) is 0 Å². The number of carbonyl (C=O) groups excluding carboxylic acids is 1. The molecule has 1 aromatic carbocycles. The average molecular weight is 338 g/mol. The van der Waals surface area contributed by atoms with Gasteiger partial charge in [-0.25, -0.2) is 0 Å². The van der Waals surface area contributed by atoms with Crippen molar-refractivity contribution in [3.8, 4) is 0 Å². The van der Waals surface area contributed by atoms with E-state index in [4.69, 9.17) is 4.74 Å². The number of hydrogen-bond acceptors (Lipinski definition) is 3. The lowest BCUT2D eigenvalue weighted by Crippen LogP contribution is -2.24. The zero-order valence-electron chi connectivity index (χ0n) is 14.6. The van der Waals surface area contributed by atoms with Gasteiger partial charge in [0.1, 0.15) is 0 Å². The van der Waals surface area contributed by atoms with Crippen LogP contribution in [0.3, 0.4) is 0 Å². The lowest BCUT2D eigenvalue weighted by atomic mass is 9.98. The summed E-state index contributed by atoms with van der Waals surface area (Å²) in [7, 11) is 0. The van der Waals surface area contributed by atoms with Crippen molar-refractivity contribution in [1.29, 1.82) is 0 Å². The summed E-state index contributed by atoms with van der Waals surface area (Å²) >= 11 is 0. The zero-order valence-corrected chi connectivity index (χ0v) is 14.6. The SMILES string of the molecule is O=C(/C=C/c1cccc2cccnc12)NCCCOC1CCCCC1. The van der Waals surface area contributed by atoms with Crippen molar-refractivity contribution in [3.05, 3.63) is 48.2 Å². The summed E-state index contributed by atoms with van der Waals surface area (Å²) in [6, 6.07) is 9.90. The van der Waals surface area contributed by atoms with E-state index < -0.39 is 0 Å². The number of amides is 1. The van der Waals surface area contributed by atoms with Crippen LogP contribution in [0.25, 0.3) is 17.0 Å². The van der Waals surface area contributed by atoms with E-state index in [1.165, 1.54) is 32.1 Å². The molecule has 4 nitrogen and oxygen atoms in total. The monoisotopic (exact) mass is 338 g/mol. The van der Waals surface area contributed by atoms with E-state index in [1.54, 1.807) is 12.3 Å². The molecule has 0 spiro atoms. The van der Waals surface area contributed by atoms with Crippen LogP contribution in [0.15, 0.2) is 42.6 Å². The lowest BCUT2D eigenvalue weighted by molar-refractivity contribution is -0.116. The predicted octanol–water partition coefficient (Wildman–Crippen LogP) is 4.10. The minimum absolute atomic E-state index is 0.0781. The van der Waals surface area contributed by atoms with E-state index in [0.29, 0.717) is 12.6 Å². The zero-order chi connectivity index (χ0) is 17.3. The first-order valence-corrected chi connectivity index (χ1v) is 9.24. The van der Waals surface area contributed by atoms with E-state index in [-0.39, 0.29) is 5.91 Å². The summed E-state index contributed by atoms with van der Waals surface area (Å²) < 4.78 is 5.86.